The van der Waals surface area contributed by atoms with E-state index in [9.17, 15) is 4.79 Å². The second-order valence-electron chi connectivity index (χ2n) is 5.18. The van der Waals surface area contributed by atoms with Crippen LogP contribution in [0.5, 0.6) is 0 Å². The number of aryl methyl sites for hydroxylation is 1. The number of nitrogens with one attached hydrogen (secondary N) is 1. The second-order valence-corrected chi connectivity index (χ2v) is 5.18. The molecule has 0 aromatic carbocycles. The maximum atomic E-state index is 11.0. The Kier molecular flexibility index (Phi) is 3.70. The third-order valence-electron chi connectivity index (χ3n) is 3.53. The predicted octanol–water partition coefficient (Wildman–Crippen LogP) is 2.46. The lowest BCUT2D eigenvalue weighted by molar-refractivity contribution is -0.138. The fourth-order valence-corrected chi connectivity index (χ4v) is 2.76. The molecule has 0 unspecified atom stereocenters. The molecular weight excluding hydrogens is 242 g/mol. The molecule has 2 rings (SSSR count). The van der Waals surface area contributed by atoms with Gasteiger partial charge in [0.1, 0.15) is 5.82 Å². The second kappa shape index (κ2) is 5.27. The Morgan fingerprint density at radius 3 is 2.79 bits per heavy atom. The highest BCUT2D eigenvalue weighted by Gasteiger charge is 2.36. The maximum Gasteiger partial charge on any atom is 0.305 e. The fraction of sp³-hybridized carbons (Fsp3) is 0.500. The van der Waals surface area contributed by atoms with Crippen LogP contribution in [-0.2, 0) is 4.79 Å². The zero-order valence-corrected chi connectivity index (χ0v) is 10.9. The molecule has 5 nitrogen and oxygen atoms in total. The van der Waals surface area contributed by atoms with Crippen molar-refractivity contribution in [1.29, 1.82) is 5.26 Å². The van der Waals surface area contributed by atoms with E-state index < -0.39 is 11.5 Å². The fourth-order valence-electron chi connectivity index (χ4n) is 2.76. The largest absolute Gasteiger partial charge is 0.481 e. The van der Waals surface area contributed by atoms with Gasteiger partial charge >= 0.3 is 5.97 Å². The molecule has 5 heteroatoms. The van der Waals surface area contributed by atoms with Crippen LogP contribution in [0.1, 0.15) is 43.4 Å². The summed E-state index contributed by atoms with van der Waals surface area (Å²) in [5.41, 5.74) is 0.878. The molecular formula is C14H17N3O2. The van der Waals surface area contributed by atoms with E-state index in [4.69, 9.17) is 10.4 Å². The van der Waals surface area contributed by atoms with Crippen molar-refractivity contribution < 1.29 is 9.90 Å². The number of nitrogens with zero attached hydrogens (tertiary/aromatic N) is 2. The number of carbonyl (C=O) groups is 1. The van der Waals surface area contributed by atoms with Gasteiger partial charge in [-0.05, 0) is 31.9 Å². The predicted molar refractivity (Wildman–Crippen MR) is 70.8 cm³/mol. The topological polar surface area (TPSA) is 86.0 Å². The summed E-state index contributed by atoms with van der Waals surface area (Å²) < 4.78 is 0. The number of nitriles is 1. The minimum atomic E-state index is -0.803. The van der Waals surface area contributed by atoms with Crippen LogP contribution in [0.15, 0.2) is 12.1 Å². The number of aliphatic carboxylic acids is 1. The van der Waals surface area contributed by atoms with Crippen LogP contribution in [0.3, 0.4) is 0 Å². The number of aromatic nitrogens is 1. The van der Waals surface area contributed by atoms with E-state index in [2.05, 4.69) is 16.4 Å². The van der Waals surface area contributed by atoms with Crippen molar-refractivity contribution in [1.82, 2.24) is 4.98 Å². The van der Waals surface area contributed by atoms with Crippen LogP contribution in [0.25, 0.3) is 0 Å². The summed E-state index contributed by atoms with van der Waals surface area (Å²) >= 11 is 0. The molecule has 0 bridgehead atoms. The average Bonchev–Trinajstić information content (AvgIpc) is 2.75. The quantitative estimate of drug-likeness (QED) is 0.867. The molecule has 0 amide bonds. The third-order valence-corrected chi connectivity index (χ3v) is 3.53. The summed E-state index contributed by atoms with van der Waals surface area (Å²) in [6.45, 7) is 1.82. The van der Waals surface area contributed by atoms with Crippen molar-refractivity contribution in [3.63, 3.8) is 0 Å². The zero-order chi connectivity index (χ0) is 13.9. The number of carboxylic acid groups (broad SMARTS) is 1. The summed E-state index contributed by atoms with van der Waals surface area (Å²) in [6.07, 6.45) is 3.80. The molecule has 19 heavy (non-hydrogen) atoms. The Morgan fingerprint density at radius 1 is 1.53 bits per heavy atom. The van der Waals surface area contributed by atoms with Crippen molar-refractivity contribution >= 4 is 11.8 Å². The van der Waals surface area contributed by atoms with Gasteiger partial charge in [0.25, 0.3) is 0 Å². The van der Waals surface area contributed by atoms with Gasteiger partial charge in [0, 0.05) is 11.2 Å². The van der Waals surface area contributed by atoms with E-state index in [-0.39, 0.29) is 6.42 Å². The lowest BCUT2D eigenvalue weighted by Gasteiger charge is -2.29. The molecule has 0 atom stereocenters. The highest BCUT2D eigenvalue weighted by Crippen LogP contribution is 2.35. The molecule has 1 saturated carbocycles. The Labute approximate surface area is 112 Å². The van der Waals surface area contributed by atoms with E-state index in [1.165, 1.54) is 0 Å². The first kappa shape index (κ1) is 13.3. The van der Waals surface area contributed by atoms with Gasteiger partial charge in [0.05, 0.1) is 18.1 Å². The summed E-state index contributed by atoms with van der Waals surface area (Å²) in [6, 6.07) is 5.48. The van der Waals surface area contributed by atoms with Crippen LogP contribution in [-0.4, -0.2) is 21.6 Å². The molecule has 1 aliphatic rings. The first-order valence-corrected chi connectivity index (χ1v) is 6.42. The molecule has 0 radical (unpaired) electrons. The molecule has 0 spiro atoms. The lowest BCUT2D eigenvalue weighted by atomic mass is 9.93. The highest BCUT2D eigenvalue weighted by molar-refractivity contribution is 5.69. The lowest BCUT2D eigenvalue weighted by Crippen LogP contribution is -2.37. The number of anilines is 1. The van der Waals surface area contributed by atoms with Crippen molar-refractivity contribution in [3.8, 4) is 6.07 Å². The minimum absolute atomic E-state index is 0.0878. The van der Waals surface area contributed by atoms with Gasteiger partial charge in [-0.15, -0.1) is 0 Å². The summed E-state index contributed by atoms with van der Waals surface area (Å²) in [5, 5.41) is 21.3. The van der Waals surface area contributed by atoms with Crippen LogP contribution < -0.4 is 5.32 Å². The normalized spacial score (nSPS) is 16.8. The van der Waals surface area contributed by atoms with Crippen molar-refractivity contribution in [2.45, 2.75) is 44.6 Å². The molecule has 1 fully saturated rings. The van der Waals surface area contributed by atoms with Gasteiger partial charge in [-0.25, -0.2) is 4.98 Å². The van der Waals surface area contributed by atoms with Gasteiger partial charge in [-0.2, -0.15) is 5.26 Å². The molecule has 1 aliphatic carbocycles. The number of hydrogen-bond acceptors (Lipinski definition) is 4. The van der Waals surface area contributed by atoms with Gasteiger partial charge in [-0.1, -0.05) is 12.8 Å². The molecule has 1 heterocycles. The Hall–Kier alpha value is -2.09. The average molecular weight is 259 g/mol. The Bertz CT molecular complexity index is 528. The summed E-state index contributed by atoms with van der Waals surface area (Å²) in [5.74, 6) is -0.206. The van der Waals surface area contributed by atoms with E-state index >= 15 is 0 Å². The molecule has 1 aromatic heterocycles. The van der Waals surface area contributed by atoms with Crippen molar-refractivity contribution in [2.75, 3.05) is 5.32 Å². The Morgan fingerprint density at radius 2 is 2.21 bits per heavy atom. The summed E-state index contributed by atoms with van der Waals surface area (Å²) in [7, 11) is 0. The Balaban J connectivity index is 2.24. The minimum Gasteiger partial charge on any atom is -0.481 e. The van der Waals surface area contributed by atoms with Crippen molar-refractivity contribution in [2.24, 2.45) is 0 Å². The molecule has 0 aliphatic heterocycles. The standard InChI is InChI=1S/C14H17N3O2/c1-10-6-11(9-15)7-12(16-10)17-14(8-13(18)19)4-2-3-5-14/h6-7H,2-5,8H2,1H3,(H,16,17)(H,18,19). The third kappa shape index (κ3) is 3.22. The maximum absolute atomic E-state index is 11.0. The van der Waals surface area contributed by atoms with E-state index in [0.717, 1.165) is 31.4 Å². The first-order valence-electron chi connectivity index (χ1n) is 6.42. The molecule has 0 saturated heterocycles. The van der Waals surface area contributed by atoms with Crippen LogP contribution in [0.2, 0.25) is 0 Å². The van der Waals surface area contributed by atoms with Crippen LogP contribution in [0.4, 0.5) is 5.82 Å². The number of rotatable bonds is 4. The highest BCUT2D eigenvalue weighted by atomic mass is 16.4. The first-order chi connectivity index (χ1) is 9.03. The van der Waals surface area contributed by atoms with Gasteiger partial charge in [-0.3, -0.25) is 4.79 Å². The van der Waals surface area contributed by atoms with Gasteiger partial charge in [0.2, 0.25) is 0 Å². The molecule has 1 aromatic rings. The van der Waals surface area contributed by atoms with E-state index in [0.29, 0.717) is 11.4 Å². The molecule has 2 N–H and O–H groups in total. The zero-order valence-electron chi connectivity index (χ0n) is 10.9. The van der Waals surface area contributed by atoms with Crippen LogP contribution in [0, 0.1) is 18.3 Å². The van der Waals surface area contributed by atoms with Crippen molar-refractivity contribution in [3.05, 3.63) is 23.4 Å². The molecule has 100 valence electrons. The smallest absolute Gasteiger partial charge is 0.305 e. The van der Waals surface area contributed by atoms with E-state index in [1.807, 2.05) is 6.92 Å². The number of carboxylic acids is 1. The van der Waals surface area contributed by atoms with Gasteiger partial charge in [0.15, 0.2) is 0 Å². The number of hydrogen-bond donors (Lipinski definition) is 2. The summed E-state index contributed by atoms with van der Waals surface area (Å²) in [4.78, 5) is 15.4. The number of pyridine rings is 1. The van der Waals surface area contributed by atoms with Gasteiger partial charge < -0.3 is 10.4 Å². The van der Waals surface area contributed by atoms with E-state index in [1.54, 1.807) is 12.1 Å². The van der Waals surface area contributed by atoms with Crippen LogP contribution >= 0.6 is 0 Å². The monoisotopic (exact) mass is 259 g/mol. The SMILES string of the molecule is Cc1cc(C#N)cc(NC2(CC(=O)O)CCCC2)n1.